The average molecular weight is 495 g/mol. The van der Waals surface area contributed by atoms with Crippen molar-refractivity contribution in [3.63, 3.8) is 0 Å². The van der Waals surface area contributed by atoms with Crippen LogP contribution >= 0.6 is 34.4 Å². The second-order valence-corrected chi connectivity index (χ2v) is 8.27. The van der Waals surface area contributed by atoms with E-state index in [1.807, 2.05) is 42.5 Å². The summed E-state index contributed by atoms with van der Waals surface area (Å²) in [5.74, 6) is 0.332. The largest absolute Gasteiger partial charge is 0.497 e. The van der Waals surface area contributed by atoms with Gasteiger partial charge in [-0.25, -0.2) is 4.99 Å². The molecule has 1 atom stereocenters. The highest BCUT2D eigenvalue weighted by Crippen LogP contribution is 2.30. The van der Waals surface area contributed by atoms with Crippen molar-refractivity contribution in [3.8, 4) is 5.75 Å². The molecule has 0 bridgehead atoms. The topological polar surface area (TPSA) is 71.0 Å². The molecule has 3 rings (SSSR count). The summed E-state index contributed by atoms with van der Waals surface area (Å²) >= 11 is 3.49. The number of ether oxygens (including phenoxy) is 1. The van der Waals surface area contributed by atoms with Gasteiger partial charge >= 0.3 is 0 Å². The molecule has 1 aliphatic rings. The zero-order valence-electron chi connectivity index (χ0n) is 14.8. The predicted octanol–water partition coefficient (Wildman–Crippen LogP) is 3.89. The number of methoxy groups -OCH3 is 1. The van der Waals surface area contributed by atoms with E-state index in [1.54, 1.807) is 20.2 Å². The molecule has 0 aliphatic carbocycles. The number of nitrogens with zero attached hydrogens (tertiary/aromatic N) is 2. The van der Waals surface area contributed by atoms with Gasteiger partial charge < -0.3 is 10.1 Å². The Kier molecular flexibility index (Phi) is 6.38. The summed E-state index contributed by atoms with van der Waals surface area (Å²) in [5, 5.41) is 2.83. The first kappa shape index (κ1) is 19.7. The Balaban J connectivity index is 1.77. The van der Waals surface area contributed by atoms with E-state index in [9.17, 15) is 9.59 Å². The fraction of sp³-hybridized carbons (Fsp3) is 0.211. The summed E-state index contributed by atoms with van der Waals surface area (Å²) in [6.07, 6.45) is 0.133. The lowest BCUT2D eigenvalue weighted by Gasteiger charge is -2.28. The third kappa shape index (κ3) is 5.01. The van der Waals surface area contributed by atoms with Crippen LogP contribution in [-0.4, -0.2) is 41.3 Å². The zero-order valence-corrected chi connectivity index (χ0v) is 17.8. The first-order chi connectivity index (χ1) is 13.0. The van der Waals surface area contributed by atoms with Crippen molar-refractivity contribution < 1.29 is 14.3 Å². The highest BCUT2D eigenvalue weighted by atomic mass is 127. The van der Waals surface area contributed by atoms with Gasteiger partial charge in [0.05, 0.1) is 12.8 Å². The predicted molar refractivity (Wildman–Crippen MR) is 117 cm³/mol. The van der Waals surface area contributed by atoms with Gasteiger partial charge in [0.25, 0.3) is 0 Å². The highest BCUT2D eigenvalue weighted by Gasteiger charge is 2.34. The monoisotopic (exact) mass is 495 g/mol. The number of aliphatic imine (C=N–C) groups is 1. The third-order valence-electron chi connectivity index (χ3n) is 3.95. The number of benzene rings is 2. The van der Waals surface area contributed by atoms with Crippen LogP contribution in [-0.2, 0) is 9.59 Å². The number of nitrogens with one attached hydrogen (secondary N) is 1. The van der Waals surface area contributed by atoms with Gasteiger partial charge in [-0.05, 0) is 59.0 Å². The lowest BCUT2D eigenvalue weighted by Crippen LogP contribution is -2.43. The number of rotatable bonds is 4. The summed E-state index contributed by atoms with van der Waals surface area (Å²) in [5.41, 5.74) is 1.37. The Morgan fingerprint density at radius 2 is 2.04 bits per heavy atom. The lowest BCUT2D eigenvalue weighted by atomic mass is 10.2. The maximum Gasteiger partial charge on any atom is 0.238 e. The number of carbonyl (C=O) groups is 2. The Morgan fingerprint density at radius 3 is 2.74 bits per heavy atom. The standard InChI is InChI=1S/C19H18IN3O3S/c1-23-17(24)11-16(18(25)21-13-8-6-12(20)7-9-13)27-19(23)22-14-4-3-5-15(10-14)26-2/h3-10,16H,11H2,1-2H3,(H,21,25). The molecule has 1 aliphatic heterocycles. The molecule has 0 radical (unpaired) electrons. The molecular formula is C19H18IN3O3S. The minimum atomic E-state index is -0.530. The minimum absolute atomic E-state index is 0.133. The summed E-state index contributed by atoms with van der Waals surface area (Å²) in [6, 6.07) is 14.8. The van der Waals surface area contributed by atoms with E-state index in [0.29, 0.717) is 22.3 Å². The van der Waals surface area contributed by atoms with E-state index >= 15 is 0 Å². The number of hydrogen-bond donors (Lipinski definition) is 1. The molecule has 8 heteroatoms. The van der Waals surface area contributed by atoms with E-state index in [0.717, 1.165) is 3.57 Å². The van der Waals surface area contributed by atoms with E-state index < -0.39 is 5.25 Å². The summed E-state index contributed by atoms with van der Waals surface area (Å²) in [7, 11) is 3.25. The summed E-state index contributed by atoms with van der Waals surface area (Å²) < 4.78 is 6.29. The number of amidine groups is 1. The maximum atomic E-state index is 12.6. The Labute approximate surface area is 175 Å². The van der Waals surface area contributed by atoms with Crippen molar-refractivity contribution in [2.75, 3.05) is 19.5 Å². The fourth-order valence-corrected chi connectivity index (χ4v) is 3.87. The van der Waals surface area contributed by atoms with Crippen LogP contribution in [0.15, 0.2) is 53.5 Å². The van der Waals surface area contributed by atoms with Crippen LogP contribution in [0.3, 0.4) is 0 Å². The van der Waals surface area contributed by atoms with Gasteiger partial charge in [-0.3, -0.25) is 14.5 Å². The highest BCUT2D eigenvalue weighted by molar-refractivity contribution is 14.1. The number of thioether (sulfide) groups is 1. The minimum Gasteiger partial charge on any atom is -0.497 e. The number of amides is 2. The molecule has 27 heavy (non-hydrogen) atoms. The molecule has 1 N–H and O–H groups in total. The zero-order chi connectivity index (χ0) is 19.4. The molecule has 140 valence electrons. The van der Waals surface area contributed by atoms with Gasteiger partial charge in [-0.1, -0.05) is 17.8 Å². The molecule has 0 saturated carbocycles. The SMILES string of the molecule is COc1cccc(N=C2SC(C(=O)Nc3ccc(I)cc3)CC(=O)N2C)c1. The molecule has 2 amide bonds. The van der Waals surface area contributed by atoms with Gasteiger partial charge in [-0.2, -0.15) is 0 Å². The van der Waals surface area contributed by atoms with Crippen LogP contribution in [0.2, 0.25) is 0 Å². The lowest BCUT2D eigenvalue weighted by molar-refractivity contribution is -0.128. The van der Waals surface area contributed by atoms with Gasteiger partial charge in [0.1, 0.15) is 11.0 Å². The van der Waals surface area contributed by atoms with Gasteiger partial charge in [-0.15, -0.1) is 0 Å². The fourth-order valence-electron chi connectivity index (χ4n) is 2.44. The first-order valence-electron chi connectivity index (χ1n) is 8.18. The van der Waals surface area contributed by atoms with Crippen molar-refractivity contribution in [2.24, 2.45) is 4.99 Å². The molecular weight excluding hydrogens is 477 g/mol. The van der Waals surface area contributed by atoms with E-state index in [1.165, 1.54) is 16.7 Å². The third-order valence-corrected chi connectivity index (χ3v) is 5.91. The number of halogens is 1. The molecule has 0 aromatic heterocycles. The average Bonchev–Trinajstić information content (AvgIpc) is 2.67. The molecule has 1 fully saturated rings. The smallest absolute Gasteiger partial charge is 0.238 e. The number of hydrogen-bond acceptors (Lipinski definition) is 5. The second kappa shape index (κ2) is 8.75. The van der Waals surface area contributed by atoms with Gasteiger partial charge in [0, 0.05) is 28.8 Å². The molecule has 1 saturated heterocycles. The number of carbonyl (C=O) groups excluding carboxylic acids is 2. The molecule has 2 aromatic rings. The van der Waals surface area contributed by atoms with Gasteiger partial charge in [0.15, 0.2) is 5.17 Å². The van der Waals surface area contributed by atoms with E-state index in [-0.39, 0.29) is 18.2 Å². The second-order valence-electron chi connectivity index (χ2n) is 5.86. The van der Waals surface area contributed by atoms with Crippen molar-refractivity contribution in [3.05, 3.63) is 52.1 Å². The normalized spacial score (nSPS) is 18.5. The Morgan fingerprint density at radius 1 is 1.30 bits per heavy atom. The Bertz CT molecular complexity index is 886. The van der Waals surface area contributed by atoms with E-state index in [4.69, 9.17) is 4.74 Å². The molecule has 1 heterocycles. The Hall–Kier alpha value is -2.07. The van der Waals surface area contributed by atoms with Crippen molar-refractivity contribution >= 4 is 62.7 Å². The molecule has 0 spiro atoms. The number of anilines is 1. The van der Waals surface area contributed by atoms with Crippen LogP contribution in [0.25, 0.3) is 0 Å². The van der Waals surface area contributed by atoms with Crippen LogP contribution in [0.1, 0.15) is 6.42 Å². The van der Waals surface area contributed by atoms with Crippen LogP contribution in [0.4, 0.5) is 11.4 Å². The summed E-state index contributed by atoms with van der Waals surface area (Å²) in [6.45, 7) is 0. The molecule has 2 aromatic carbocycles. The summed E-state index contributed by atoms with van der Waals surface area (Å²) in [4.78, 5) is 31.0. The van der Waals surface area contributed by atoms with Crippen molar-refractivity contribution in [1.82, 2.24) is 4.90 Å². The van der Waals surface area contributed by atoms with Crippen LogP contribution in [0, 0.1) is 3.57 Å². The van der Waals surface area contributed by atoms with Crippen LogP contribution in [0.5, 0.6) is 5.75 Å². The van der Waals surface area contributed by atoms with Crippen molar-refractivity contribution in [2.45, 2.75) is 11.7 Å². The maximum absolute atomic E-state index is 12.6. The molecule has 6 nitrogen and oxygen atoms in total. The van der Waals surface area contributed by atoms with Crippen molar-refractivity contribution in [1.29, 1.82) is 0 Å². The quantitative estimate of drug-likeness (QED) is 0.654. The van der Waals surface area contributed by atoms with Gasteiger partial charge in [0.2, 0.25) is 11.8 Å². The van der Waals surface area contributed by atoms with Crippen LogP contribution < -0.4 is 10.1 Å². The first-order valence-corrected chi connectivity index (χ1v) is 10.1. The molecule has 1 unspecified atom stereocenters. The van der Waals surface area contributed by atoms with E-state index in [2.05, 4.69) is 32.9 Å².